The molecule has 4 aliphatic rings. The van der Waals surface area contributed by atoms with Crippen LogP contribution >= 0.6 is 0 Å². The molecule has 3 aliphatic heterocycles. The second-order valence-electron chi connectivity index (χ2n) is 13.1. The normalized spacial score (nSPS) is 19.1. The van der Waals surface area contributed by atoms with Gasteiger partial charge in [-0.2, -0.15) is 0 Å². The van der Waals surface area contributed by atoms with Gasteiger partial charge in [0.05, 0.1) is 31.1 Å². The van der Waals surface area contributed by atoms with Crippen LogP contribution < -0.4 is 20.5 Å². The van der Waals surface area contributed by atoms with Gasteiger partial charge in [-0.25, -0.2) is 0 Å². The van der Waals surface area contributed by atoms with E-state index in [1.165, 1.54) is 11.1 Å². The van der Waals surface area contributed by atoms with Crippen molar-refractivity contribution in [3.05, 3.63) is 80.3 Å². The van der Waals surface area contributed by atoms with E-state index in [1.54, 1.807) is 0 Å². The summed E-state index contributed by atoms with van der Waals surface area (Å²) in [6.45, 7) is 9.42. The number of nitrogens with one attached hydrogen (secondary N) is 2. The molecule has 9 nitrogen and oxygen atoms in total. The molecule has 0 bridgehead atoms. The van der Waals surface area contributed by atoms with Gasteiger partial charge in [-0.3, -0.25) is 14.5 Å². The summed E-state index contributed by atoms with van der Waals surface area (Å²) in [5, 5.41) is 3.13. The highest BCUT2D eigenvalue weighted by Gasteiger charge is 2.30. The lowest BCUT2D eigenvalue weighted by molar-refractivity contribution is 0.0342. The highest BCUT2D eigenvalue weighted by molar-refractivity contribution is 6.01. The van der Waals surface area contributed by atoms with Crippen molar-refractivity contribution in [1.82, 2.24) is 15.2 Å². The molecular formula is C37H46N4O5. The largest absolute Gasteiger partial charge is 0.490 e. The molecule has 2 aromatic carbocycles. The zero-order valence-electron chi connectivity index (χ0n) is 27.0. The molecule has 46 heavy (non-hydrogen) atoms. The molecule has 9 heteroatoms. The minimum absolute atomic E-state index is 0.106. The van der Waals surface area contributed by atoms with Gasteiger partial charge in [0.1, 0.15) is 0 Å². The minimum Gasteiger partial charge on any atom is -0.490 e. The van der Waals surface area contributed by atoms with Crippen molar-refractivity contribution in [3.8, 4) is 16.9 Å². The first-order chi connectivity index (χ1) is 22.5. The summed E-state index contributed by atoms with van der Waals surface area (Å²) >= 11 is 0. The first-order valence-electron chi connectivity index (χ1n) is 17.1. The van der Waals surface area contributed by atoms with Gasteiger partial charge in [0.25, 0.3) is 11.5 Å². The van der Waals surface area contributed by atoms with Crippen LogP contribution in [0.2, 0.25) is 0 Å². The van der Waals surface area contributed by atoms with Crippen molar-refractivity contribution >= 4 is 11.6 Å². The van der Waals surface area contributed by atoms with Gasteiger partial charge in [0.15, 0.2) is 5.75 Å². The molecule has 0 radical (unpaired) electrons. The fraction of sp³-hybridized carbons (Fsp3) is 0.514. The second kappa shape index (κ2) is 14.0. The lowest BCUT2D eigenvalue weighted by Gasteiger charge is -2.36. The highest BCUT2D eigenvalue weighted by atomic mass is 16.5. The van der Waals surface area contributed by atoms with Crippen molar-refractivity contribution in [3.63, 3.8) is 0 Å². The molecule has 7 rings (SSSR count). The summed E-state index contributed by atoms with van der Waals surface area (Å²) in [7, 11) is 0. The van der Waals surface area contributed by atoms with Gasteiger partial charge in [0, 0.05) is 63.2 Å². The van der Waals surface area contributed by atoms with E-state index in [0.29, 0.717) is 29.5 Å². The number of carbonyl (C=O) groups excluding carboxylic acids is 1. The molecule has 0 unspecified atom stereocenters. The molecule has 4 heterocycles. The Morgan fingerprint density at radius 2 is 1.63 bits per heavy atom. The Bertz CT molecular complexity index is 1610. The maximum Gasteiger partial charge on any atom is 0.255 e. The SMILES string of the molecule is Cc1[nH]c(=O)c(CNC(=O)c2cc(-c3ccc(CN4CCOCC4)cc3)cc3c2OCCCN3C2CCOCC2)c2c1CCCC2. The molecule has 3 aromatic rings. The van der Waals surface area contributed by atoms with E-state index in [1.807, 2.05) is 13.0 Å². The number of hydrogen-bond donors (Lipinski definition) is 2. The number of morpholine rings is 1. The molecule has 0 atom stereocenters. The number of fused-ring (bicyclic) bond motifs is 2. The predicted octanol–water partition coefficient (Wildman–Crippen LogP) is 4.76. The number of anilines is 1. The van der Waals surface area contributed by atoms with E-state index in [4.69, 9.17) is 14.2 Å². The number of rotatable bonds is 7. The van der Waals surface area contributed by atoms with Gasteiger partial charge < -0.3 is 29.4 Å². The number of carbonyl (C=O) groups is 1. The maximum atomic E-state index is 14.1. The molecule has 0 spiro atoms. The van der Waals surface area contributed by atoms with Crippen LogP contribution in [0.1, 0.15) is 70.4 Å². The van der Waals surface area contributed by atoms with E-state index in [0.717, 1.165) is 126 Å². The number of H-pyrrole nitrogens is 1. The zero-order chi connectivity index (χ0) is 31.5. The fourth-order valence-corrected chi connectivity index (χ4v) is 7.60. The number of ether oxygens (including phenoxy) is 3. The van der Waals surface area contributed by atoms with Crippen LogP contribution in [0, 0.1) is 6.92 Å². The number of hydrogen-bond acceptors (Lipinski definition) is 7. The second-order valence-corrected chi connectivity index (χ2v) is 13.1. The average Bonchev–Trinajstić information content (AvgIpc) is 3.31. The van der Waals surface area contributed by atoms with Crippen molar-refractivity contribution < 1.29 is 19.0 Å². The third-order valence-electron chi connectivity index (χ3n) is 10.1. The van der Waals surface area contributed by atoms with Crippen LogP contribution in [0.4, 0.5) is 5.69 Å². The standard InChI is InChI=1S/C37H46N4O5/c1-25-30-5-2-3-6-31(30)33(37(43)39-25)23-38-36(42)32-21-28(27-9-7-26(8-10-27)24-40-14-19-45-20-15-40)22-34-35(32)46-16-4-13-41(34)29-11-17-44-18-12-29/h7-10,21-22,29H,2-6,11-20,23-24H2,1H3,(H,38,42)(H,39,43). The Morgan fingerprint density at radius 1 is 0.891 bits per heavy atom. The third-order valence-corrected chi connectivity index (χ3v) is 10.1. The first-order valence-corrected chi connectivity index (χ1v) is 17.1. The highest BCUT2D eigenvalue weighted by Crippen LogP contribution is 2.41. The number of aromatic amines is 1. The van der Waals surface area contributed by atoms with Gasteiger partial charge in [-0.05, 0) is 91.8 Å². The van der Waals surface area contributed by atoms with E-state index in [-0.39, 0.29) is 18.0 Å². The van der Waals surface area contributed by atoms with Crippen molar-refractivity contribution in [2.24, 2.45) is 0 Å². The van der Waals surface area contributed by atoms with E-state index in [9.17, 15) is 9.59 Å². The topological polar surface area (TPSA) is 96.1 Å². The Kier molecular flexibility index (Phi) is 9.42. The van der Waals surface area contributed by atoms with Crippen LogP contribution in [0.3, 0.4) is 0 Å². The van der Waals surface area contributed by atoms with Gasteiger partial charge in [-0.1, -0.05) is 24.3 Å². The monoisotopic (exact) mass is 626 g/mol. The minimum atomic E-state index is -0.222. The molecule has 2 N–H and O–H groups in total. The van der Waals surface area contributed by atoms with Crippen LogP contribution in [-0.2, 0) is 35.4 Å². The molecule has 1 aromatic heterocycles. The smallest absolute Gasteiger partial charge is 0.255 e. The number of amides is 1. The zero-order valence-corrected chi connectivity index (χ0v) is 27.0. The summed E-state index contributed by atoms with van der Waals surface area (Å²) in [5.74, 6) is 0.412. The number of nitrogens with zero attached hydrogens (tertiary/aromatic N) is 2. The lowest BCUT2D eigenvalue weighted by Crippen LogP contribution is -2.40. The Labute approximate surface area is 271 Å². The summed E-state index contributed by atoms with van der Waals surface area (Å²) in [6.07, 6.45) is 6.80. The summed E-state index contributed by atoms with van der Waals surface area (Å²) in [6, 6.07) is 13.2. The van der Waals surface area contributed by atoms with Crippen LogP contribution in [0.5, 0.6) is 5.75 Å². The van der Waals surface area contributed by atoms with Crippen LogP contribution in [0.25, 0.3) is 11.1 Å². The van der Waals surface area contributed by atoms with Crippen molar-refractivity contribution in [1.29, 1.82) is 0 Å². The summed E-state index contributed by atoms with van der Waals surface area (Å²) < 4.78 is 17.6. The number of aromatic nitrogens is 1. The molecule has 2 saturated heterocycles. The maximum absolute atomic E-state index is 14.1. The number of benzene rings is 2. The van der Waals surface area contributed by atoms with Gasteiger partial charge >= 0.3 is 0 Å². The van der Waals surface area contributed by atoms with Gasteiger partial charge in [-0.15, -0.1) is 0 Å². The van der Waals surface area contributed by atoms with Crippen LogP contribution in [0.15, 0.2) is 41.2 Å². The molecule has 2 fully saturated rings. The Balaban J connectivity index is 1.22. The van der Waals surface area contributed by atoms with E-state index < -0.39 is 0 Å². The molecule has 1 amide bonds. The first kappa shape index (κ1) is 31.0. The summed E-state index contributed by atoms with van der Waals surface area (Å²) in [4.78, 5) is 35.1. The van der Waals surface area contributed by atoms with E-state index in [2.05, 4.69) is 50.4 Å². The molecular weight excluding hydrogens is 580 g/mol. The fourth-order valence-electron chi connectivity index (χ4n) is 7.60. The third kappa shape index (κ3) is 6.59. The van der Waals surface area contributed by atoms with Crippen molar-refractivity contribution in [2.45, 2.75) is 71.0 Å². The Hall–Kier alpha value is -3.66. The Morgan fingerprint density at radius 3 is 2.41 bits per heavy atom. The predicted molar refractivity (Wildman–Crippen MR) is 179 cm³/mol. The molecule has 0 saturated carbocycles. The molecule has 1 aliphatic carbocycles. The van der Waals surface area contributed by atoms with E-state index >= 15 is 0 Å². The number of pyridine rings is 1. The lowest BCUT2D eigenvalue weighted by atomic mass is 9.88. The summed E-state index contributed by atoms with van der Waals surface area (Å²) in [5.41, 5.74) is 8.65. The van der Waals surface area contributed by atoms with Crippen LogP contribution in [-0.4, -0.2) is 74.5 Å². The van der Waals surface area contributed by atoms with Gasteiger partial charge in [0.2, 0.25) is 0 Å². The number of aryl methyl sites for hydroxylation is 1. The molecule has 244 valence electrons. The quantitative estimate of drug-likeness (QED) is 0.391. The average molecular weight is 627 g/mol. The van der Waals surface area contributed by atoms with Crippen molar-refractivity contribution in [2.75, 3.05) is 57.6 Å².